The van der Waals surface area contributed by atoms with Crippen molar-refractivity contribution < 1.29 is 5.21 Å². The van der Waals surface area contributed by atoms with E-state index in [2.05, 4.69) is 28.9 Å². The van der Waals surface area contributed by atoms with E-state index in [4.69, 9.17) is 10.9 Å². The van der Waals surface area contributed by atoms with Crippen LogP contribution in [0.1, 0.15) is 25.8 Å². The third-order valence-electron chi connectivity index (χ3n) is 2.88. The molecule has 1 rings (SSSR count). The van der Waals surface area contributed by atoms with E-state index in [1.165, 1.54) is 0 Å². The summed E-state index contributed by atoms with van der Waals surface area (Å²) in [6.45, 7) is 5.26. The Bertz CT molecular complexity index is 392. The predicted molar refractivity (Wildman–Crippen MR) is 69.5 cm³/mol. The molecule has 0 bridgehead atoms. The number of amidine groups is 1. The highest BCUT2D eigenvalue weighted by Gasteiger charge is 2.12. The lowest BCUT2D eigenvalue weighted by Crippen LogP contribution is -2.27. The number of pyridine rings is 1. The van der Waals surface area contributed by atoms with E-state index >= 15 is 0 Å². The first-order valence-electron chi connectivity index (χ1n) is 5.73. The molecule has 0 radical (unpaired) electrons. The molecule has 1 aromatic heterocycles. The van der Waals surface area contributed by atoms with Crippen molar-refractivity contribution in [1.29, 1.82) is 0 Å². The number of nitrogens with two attached hydrogens (primary N) is 1. The molecule has 0 spiro atoms. The number of oxime groups is 1. The van der Waals surface area contributed by atoms with Crippen LogP contribution in [0.25, 0.3) is 0 Å². The molecule has 0 amide bonds. The lowest BCUT2D eigenvalue weighted by molar-refractivity contribution is 0.318. The van der Waals surface area contributed by atoms with Crippen molar-refractivity contribution in [3.63, 3.8) is 0 Å². The summed E-state index contributed by atoms with van der Waals surface area (Å²) in [6.07, 6.45) is 4.48. The minimum Gasteiger partial charge on any atom is -0.409 e. The Balaban J connectivity index is 2.97. The molecule has 17 heavy (non-hydrogen) atoms. The van der Waals surface area contributed by atoms with Crippen LogP contribution in [0, 0.1) is 5.92 Å². The van der Waals surface area contributed by atoms with E-state index in [0.29, 0.717) is 11.5 Å². The summed E-state index contributed by atoms with van der Waals surface area (Å²) in [4.78, 5) is 6.16. The summed E-state index contributed by atoms with van der Waals surface area (Å²) in [5, 5.41) is 11.8. The third-order valence-corrected chi connectivity index (χ3v) is 2.88. The fourth-order valence-electron chi connectivity index (χ4n) is 1.66. The van der Waals surface area contributed by atoms with Gasteiger partial charge in [0, 0.05) is 25.4 Å². The lowest BCUT2D eigenvalue weighted by Gasteiger charge is -2.24. The van der Waals surface area contributed by atoms with E-state index < -0.39 is 0 Å². The van der Waals surface area contributed by atoms with Crippen LogP contribution in [0.5, 0.6) is 0 Å². The number of rotatable bonds is 5. The molecule has 1 aromatic rings. The quantitative estimate of drug-likeness (QED) is 0.353. The molecule has 0 saturated heterocycles. The van der Waals surface area contributed by atoms with Gasteiger partial charge in [-0.25, -0.2) is 0 Å². The van der Waals surface area contributed by atoms with Crippen molar-refractivity contribution in [1.82, 2.24) is 4.98 Å². The van der Waals surface area contributed by atoms with Crippen LogP contribution in [0.2, 0.25) is 0 Å². The Morgan fingerprint density at radius 3 is 2.94 bits per heavy atom. The zero-order chi connectivity index (χ0) is 12.8. The van der Waals surface area contributed by atoms with Gasteiger partial charge >= 0.3 is 0 Å². The maximum Gasteiger partial charge on any atom is 0.172 e. The average Bonchev–Trinajstić information content (AvgIpc) is 2.37. The highest BCUT2D eigenvalue weighted by molar-refractivity contribution is 6.01. The molecule has 0 aliphatic carbocycles. The van der Waals surface area contributed by atoms with Crippen molar-refractivity contribution >= 4 is 11.5 Å². The van der Waals surface area contributed by atoms with E-state index in [9.17, 15) is 0 Å². The SMILES string of the molecule is CCC(C)CN(C)c1cnccc1/C(N)=N/O. The average molecular weight is 236 g/mol. The molecule has 1 heterocycles. The van der Waals surface area contributed by atoms with Gasteiger partial charge in [-0.3, -0.25) is 4.98 Å². The molecule has 0 saturated carbocycles. The zero-order valence-electron chi connectivity index (χ0n) is 10.6. The summed E-state index contributed by atoms with van der Waals surface area (Å²) in [5.74, 6) is 0.693. The molecule has 5 heteroatoms. The van der Waals surface area contributed by atoms with Gasteiger partial charge in [0.05, 0.1) is 11.9 Å². The van der Waals surface area contributed by atoms with E-state index in [-0.39, 0.29) is 5.84 Å². The highest BCUT2D eigenvalue weighted by Crippen LogP contribution is 2.19. The number of nitrogens with zero attached hydrogens (tertiary/aromatic N) is 3. The standard InChI is InChI=1S/C12H20N4O/c1-4-9(2)8-16(3)11-7-14-6-5-10(11)12(13)15-17/h5-7,9,17H,4,8H2,1-3H3,(H2,13,15). The number of hydrogen-bond donors (Lipinski definition) is 2. The zero-order valence-corrected chi connectivity index (χ0v) is 10.6. The van der Waals surface area contributed by atoms with E-state index in [1.807, 2.05) is 7.05 Å². The van der Waals surface area contributed by atoms with Gasteiger partial charge in [0.25, 0.3) is 0 Å². The maximum absolute atomic E-state index is 8.75. The van der Waals surface area contributed by atoms with Crippen LogP contribution >= 0.6 is 0 Å². The Morgan fingerprint density at radius 1 is 1.65 bits per heavy atom. The Hall–Kier alpha value is -1.78. The first-order chi connectivity index (χ1) is 8.10. The summed E-state index contributed by atoms with van der Waals surface area (Å²) in [7, 11) is 1.98. The second kappa shape index (κ2) is 6.08. The third kappa shape index (κ3) is 3.34. The van der Waals surface area contributed by atoms with Crippen molar-refractivity contribution in [3.8, 4) is 0 Å². The summed E-state index contributed by atoms with van der Waals surface area (Å²) >= 11 is 0. The summed E-state index contributed by atoms with van der Waals surface area (Å²) in [6, 6.07) is 1.75. The van der Waals surface area contributed by atoms with Crippen molar-refractivity contribution in [3.05, 3.63) is 24.0 Å². The van der Waals surface area contributed by atoms with Crippen LogP contribution in [0.15, 0.2) is 23.6 Å². The van der Waals surface area contributed by atoms with Gasteiger partial charge in [0.2, 0.25) is 0 Å². The predicted octanol–water partition coefficient (Wildman–Crippen LogP) is 1.66. The normalized spacial score (nSPS) is 13.5. The minimum absolute atomic E-state index is 0.110. The molecule has 0 fully saturated rings. The van der Waals surface area contributed by atoms with Gasteiger partial charge in [0.15, 0.2) is 5.84 Å². The van der Waals surface area contributed by atoms with Crippen molar-refractivity contribution in [2.24, 2.45) is 16.8 Å². The van der Waals surface area contributed by atoms with Gasteiger partial charge < -0.3 is 15.8 Å². The first-order valence-corrected chi connectivity index (χ1v) is 5.73. The van der Waals surface area contributed by atoms with Crippen LogP contribution in [-0.4, -0.2) is 29.6 Å². The van der Waals surface area contributed by atoms with Gasteiger partial charge in [-0.1, -0.05) is 25.4 Å². The van der Waals surface area contributed by atoms with Crippen LogP contribution in [0.3, 0.4) is 0 Å². The van der Waals surface area contributed by atoms with E-state index in [0.717, 1.165) is 18.7 Å². The molecule has 5 nitrogen and oxygen atoms in total. The first kappa shape index (κ1) is 13.3. The molecule has 0 aromatic carbocycles. The lowest BCUT2D eigenvalue weighted by atomic mass is 10.1. The maximum atomic E-state index is 8.75. The fourth-order valence-corrected chi connectivity index (χ4v) is 1.66. The molecule has 0 aliphatic heterocycles. The number of aromatic nitrogens is 1. The van der Waals surface area contributed by atoms with Gasteiger partial charge in [-0.2, -0.15) is 0 Å². The number of hydrogen-bond acceptors (Lipinski definition) is 4. The Morgan fingerprint density at radius 2 is 2.35 bits per heavy atom. The van der Waals surface area contributed by atoms with Crippen LogP contribution < -0.4 is 10.6 Å². The van der Waals surface area contributed by atoms with Gasteiger partial charge in [-0.15, -0.1) is 0 Å². The van der Waals surface area contributed by atoms with Crippen molar-refractivity contribution in [2.45, 2.75) is 20.3 Å². The number of anilines is 1. The second-order valence-corrected chi connectivity index (χ2v) is 4.27. The molecular formula is C12H20N4O. The van der Waals surface area contributed by atoms with E-state index in [1.54, 1.807) is 18.5 Å². The molecule has 3 N–H and O–H groups in total. The summed E-state index contributed by atoms with van der Waals surface area (Å²) < 4.78 is 0. The molecule has 0 aliphatic rings. The van der Waals surface area contributed by atoms with Crippen molar-refractivity contribution in [2.75, 3.05) is 18.5 Å². The van der Waals surface area contributed by atoms with Gasteiger partial charge in [0.1, 0.15) is 0 Å². The monoisotopic (exact) mass is 236 g/mol. The smallest absolute Gasteiger partial charge is 0.172 e. The highest BCUT2D eigenvalue weighted by atomic mass is 16.4. The second-order valence-electron chi connectivity index (χ2n) is 4.27. The molecular weight excluding hydrogens is 216 g/mol. The molecule has 94 valence electrons. The molecule has 1 unspecified atom stereocenters. The Labute approximate surface area is 102 Å². The van der Waals surface area contributed by atoms with Crippen LogP contribution in [0.4, 0.5) is 5.69 Å². The summed E-state index contributed by atoms with van der Waals surface area (Å²) in [5.41, 5.74) is 7.22. The largest absolute Gasteiger partial charge is 0.409 e. The van der Waals surface area contributed by atoms with Gasteiger partial charge in [-0.05, 0) is 12.0 Å². The molecule has 1 atom stereocenters. The minimum atomic E-state index is 0.110. The Kier molecular flexibility index (Phi) is 4.75. The van der Waals surface area contributed by atoms with Crippen LogP contribution in [-0.2, 0) is 0 Å². The topological polar surface area (TPSA) is 74.7 Å². The fraction of sp³-hybridized carbons (Fsp3) is 0.500.